The number of hydrogen-bond donors (Lipinski definition) is 1. The van der Waals surface area contributed by atoms with Crippen LogP contribution in [0.15, 0.2) is 11.9 Å². The van der Waals surface area contributed by atoms with Gasteiger partial charge in [0.15, 0.2) is 0 Å². The third-order valence-corrected chi connectivity index (χ3v) is 4.16. The van der Waals surface area contributed by atoms with Crippen molar-refractivity contribution in [3.05, 3.63) is 21.8 Å². The maximum atomic E-state index is 11.4. The zero-order valence-electron chi connectivity index (χ0n) is 10.5. The van der Waals surface area contributed by atoms with Gasteiger partial charge in [-0.1, -0.05) is 12.8 Å². The van der Waals surface area contributed by atoms with Crippen LogP contribution in [-0.4, -0.2) is 17.6 Å². The molecule has 0 radical (unpaired) electrons. The largest absolute Gasteiger partial charge is 0.461 e. The van der Waals surface area contributed by atoms with Crippen molar-refractivity contribution in [2.24, 2.45) is 5.73 Å². The zero-order chi connectivity index (χ0) is 13.0. The van der Waals surface area contributed by atoms with Crippen molar-refractivity contribution in [1.82, 2.24) is 4.98 Å². The molecule has 0 atom stereocenters. The summed E-state index contributed by atoms with van der Waals surface area (Å²) in [6.07, 6.45) is 8.47. The Bertz CT molecular complexity index is 448. The molecular formula is C13H18N2O2S. The number of nitrogens with zero attached hydrogens (tertiary/aromatic N) is 1. The highest BCUT2D eigenvalue weighted by Gasteiger charge is 2.20. The van der Waals surface area contributed by atoms with E-state index in [1.165, 1.54) is 25.7 Å². The molecule has 1 saturated carbocycles. The Balaban J connectivity index is 2.05. The summed E-state index contributed by atoms with van der Waals surface area (Å²) in [7, 11) is 0. The first kappa shape index (κ1) is 13.1. The smallest absolute Gasteiger partial charge is 0.354 e. The van der Waals surface area contributed by atoms with Crippen LogP contribution in [0.1, 0.15) is 48.4 Å². The first-order valence-electron chi connectivity index (χ1n) is 6.30. The van der Waals surface area contributed by atoms with Gasteiger partial charge in [-0.15, -0.1) is 11.3 Å². The highest BCUT2D eigenvalue weighted by molar-refractivity contribution is 7.12. The summed E-state index contributed by atoms with van der Waals surface area (Å²) in [6.45, 7) is 2.10. The lowest BCUT2D eigenvalue weighted by molar-refractivity contribution is -0.138. The molecule has 1 aliphatic carbocycles. The molecular weight excluding hydrogens is 248 g/mol. The summed E-state index contributed by atoms with van der Waals surface area (Å²) < 4.78 is 4.83. The zero-order valence-corrected chi connectivity index (χ0v) is 11.3. The van der Waals surface area contributed by atoms with Crippen molar-refractivity contribution in [3.8, 4) is 0 Å². The number of aromatic nitrogens is 1. The molecule has 0 saturated heterocycles. The van der Waals surface area contributed by atoms with Crippen LogP contribution in [-0.2, 0) is 9.53 Å². The van der Waals surface area contributed by atoms with Gasteiger partial charge in [0, 0.05) is 17.0 Å². The number of hydrogen-bond acceptors (Lipinski definition) is 5. The van der Waals surface area contributed by atoms with Crippen LogP contribution >= 0.6 is 11.3 Å². The summed E-state index contributed by atoms with van der Waals surface area (Å²) in [4.78, 5) is 16.7. The van der Waals surface area contributed by atoms with Gasteiger partial charge in [-0.25, -0.2) is 9.78 Å². The minimum Gasteiger partial charge on any atom is -0.461 e. The Morgan fingerprint density at radius 1 is 1.61 bits per heavy atom. The van der Waals surface area contributed by atoms with Gasteiger partial charge in [0.1, 0.15) is 5.70 Å². The van der Waals surface area contributed by atoms with E-state index in [9.17, 15) is 4.79 Å². The molecule has 0 amide bonds. The van der Waals surface area contributed by atoms with Gasteiger partial charge in [0.2, 0.25) is 0 Å². The second kappa shape index (κ2) is 6.00. The van der Waals surface area contributed by atoms with E-state index in [-0.39, 0.29) is 5.70 Å². The number of carbonyl (C=O) groups is 1. The van der Waals surface area contributed by atoms with Crippen LogP contribution < -0.4 is 5.73 Å². The monoisotopic (exact) mass is 266 g/mol. The van der Waals surface area contributed by atoms with E-state index < -0.39 is 5.97 Å². The molecule has 0 bridgehead atoms. The lowest BCUT2D eigenvalue weighted by atomic mass is 10.1. The molecule has 0 spiro atoms. The number of thiazole rings is 1. The van der Waals surface area contributed by atoms with E-state index in [1.54, 1.807) is 30.5 Å². The number of esters is 1. The average Bonchev–Trinajstić information content (AvgIpc) is 2.98. The molecule has 0 unspecified atom stereocenters. The van der Waals surface area contributed by atoms with Crippen molar-refractivity contribution in [2.45, 2.75) is 38.5 Å². The molecule has 1 aliphatic rings. The van der Waals surface area contributed by atoms with Gasteiger partial charge in [-0.05, 0) is 25.8 Å². The maximum absolute atomic E-state index is 11.4. The van der Waals surface area contributed by atoms with E-state index in [0.717, 1.165) is 9.88 Å². The van der Waals surface area contributed by atoms with Crippen LogP contribution in [0.3, 0.4) is 0 Å². The molecule has 98 valence electrons. The Morgan fingerprint density at radius 3 is 3.00 bits per heavy atom. The van der Waals surface area contributed by atoms with Crippen LogP contribution in [0, 0.1) is 0 Å². The minimum atomic E-state index is -0.465. The molecule has 5 heteroatoms. The van der Waals surface area contributed by atoms with Crippen LogP contribution in [0.25, 0.3) is 6.08 Å². The van der Waals surface area contributed by atoms with Gasteiger partial charge in [0.25, 0.3) is 0 Å². The molecule has 0 aliphatic heterocycles. The third kappa shape index (κ3) is 3.10. The van der Waals surface area contributed by atoms with Crippen LogP contribution in [0.2, 0.25) is 0 Å². The van der Waals surface area contributed by atoms with Gasteiger partial charge >= 0.3 is 5.97 Å². The van der Waals surface area contributed by atoms with Crippen molar-refractivity contribution >= 4 is 23.4 Å². The second-order valence-electron chi connectivity index (χ2n) is 4.40. The minimum absolute atomic E-state index is 0.137. The first-order chi connectivity index (χ1) is 8.70. The molecule has 1 fully saturated rings. The molecule has 1 aromatic rings. The fourth-order valence-electron chi connectivity index (χ4n) is 2.16. The Hall–Kier alpha value is -1.36. The fourth-order valence-corrected chi connectivity index (χ4v) is 3.20. The summed E-state index contributed by atoms with van der Waals surface area (Å²) in [5.74, 6) is 0.134. The fraction of sp³-hybridized carbons (Fsp3) is 0.538. The van der Waals surface area contributed by atoms with E-state index in [0.29, 0.717) is 12.5 Å². The predicted molar refractivity (Wildman–Crippen MR) is 72.1 cm³/mol. The Labute approximate surface area is 111 Å². The second-order valence-corrected chi connectivity index (χ2v) is 5.50. The van der Waals surface area contributed by atoms with Gasteiger partial charge in [-0.2, -0.15) is 0 Å². The molecule has 1 heterocycles. The van der Waals surface area contributed by atoms with Gasteiger partial charge < -0.3 is 10.5 Å². The van der Waals surface area contributed by atoms with Crippen molar-refractivity contribution in [2.75, 3.05) is 6.61 Å². The summed E-state index contributed by atoms with van der Waals surface area (Å²) in [6, 6.07) is 0. The van der Waals surface area contributed by atoms with Crippen molar-refractivity contribution in [1.29, 1.82) is 0 Å². The number of carbonyl (C=O) groups excluding carboxylic acids is 1. The van der Waals surface area contributed by atoms with E-state index in [1.807, 2.05) is 0 Å². The van der Waals surface area contributed by atoms with Crippen LogP contribution in [0.4, 0.5) is 0 Å². The number of rotatable bonds is 4. The number of ether oxygens (including phenoxy) is 1. The van der Waals surface area contributed by atoms with E-state index >= 15 is 0 Å². The highest BCUT2D eigenvalue weighted by atomic mass is 32.1. The quantitative estimate of drug-likeness (QED) is 0.672. The van der Waals surface area contributed by atoms with E-state index in [4.69, 9.17) is 10.5 Å². The standard InChI is InChI=1S/C13H18N2O2S/c1-2-17-13(16)11(14)7-10-8-15-12(18-10)9-5-3-4-6-9/h7-9H,2-6,14H2,1H3/b11-7-. The van der Waals surface area contributed by atoms with E-state index in [2.05, 4.69) is 4.98 Å². The molecule has 0 aromatic carbocycles. The Morgan fingerprint density at radius 2 is 2.33 bits per heavy atom. The normalized spacial score (nSPS) is 17.1. The van der Waals surface area contributed by atoms with Crippen molar-refractivity contribution < 1.29 is 9.53 Å². The first-order valence-corrected chi connectivity index (χ1v) is 7.12. The summed E-state index contributed by atoms with van der Waals surface area (Å²) in [5, 5.41) is 1.16. The predicted octanol–water partition coefficient (Wildman–Crippen LogP) is 2.66. The number of nitrogens with two attached hydrogens (primary N) is 1. The molecule has 2 N–H and O–H groups in total. The summed E-state index contributed by atoms with van der Waals surface area (Å²) in [5.41, 5.74) is 5.80. The maximum Gasteiger partial charge on any atom is 0.354 e. The third-order valence-electron chi connectivity index (χ3n) is 3.05. The lowest BCUT2D eigenvalue weighted by Gasteiger charge is -2.02. The van der Waals surface area contributed by atoms with Gasteiger partial charge in [0.05, 0.1) is 11.6 Å². The SMILES string of the molecule is CCOC(=O)/C(N)=C/c1cnc(C2CCCC2)s1. The molecule has 2 rings (SSSR count). The lowest BCUT2D eigenvalue weighted by Crippen LogP contribution is -2.14. The average molecular weight is 266 g/mol. The van der Waals surface area contributed by atoms with Gasteiger partial charge in [-0.3, -0.25) is 0 Å². The van der Waals surface area contributed by atoms with Crippen molar-refractivity contribution in [3.63, 3.8) is 0 Å². The molecule has 18 heavy (non-hydrogen) atoms. The summed E-state index contributed by atoms with van der Waals surface area (Å²) >= 11 is 1.62. The highest BCUT2D eigenvalue weighted by Crippen LogP contribution is 2.36. The van der Waals surface area contributed by atoms with Crippen LogP contribution in [0.5, 0.6) is 0 Å². The molecule has 4 nitrogen and oxygen atoms in total. The Kier molecular flexibility index (Phi) is 4.36. The molecule has 1 aromatic heterocycles. The topological polar surface area (TPSA) is 65.2 Å².